The molecule has 0 aliphatic carbocycles. The second kappa shape index (κ2) is 18.4. The molecule has 0 spiro atoms. The number of carbonyl (C=O) groups is 3. The Hall–Kier alpha value is -2.65. The average Bonchev–Trinajstić information content (AvgIpc) is 2.72. The Morgan fingerprint density at radius 2 is 1.47 bits per heavy atom. The summed E-state index contributed by atoms with van der Waals surface area (Å²) in [5.74, 6) is -2.03. The van der Waals surface area contributed by atoms with Gasteiger partial charge in [0.15, 0.2) is 0 Å². The first-order valence-corrected chi connectivity index (χ1v) is 10.1. The predicted molar refractivity (Wildman–Crippen MR) is 118 cm³/mol. The maximum absolute atomic E-state index is 11.2. The zero-order valence-corrected chi connectivity index (χ0v) is 18.7. The number of anilines is 1. The quantitative estimate of drug-likeness (QED) is 0.371. The van der Waals surface area contributed by atoms with E-state index in [2.05, 4.69) is 10.2 Å². The van der Waals surface area contributed by atoms with Crippen molar-refractivity contribution in [3.63, 3.8) is 0 Å². The Morgan fingerprint density at radius 1 is 1.03 bits per heavy atom. The highest BCUT2D eigenvalue weighted by molar-refractivity contribution is 5.72. The van der Waals surface area contributed by atoms with Crippen LogP contribution >= 0.6 is 0 Å². The summed E-state index contributed by atoms with van der Waals surface area (Å²) in [6.07, 6.45) is 0.598. The van der Waals surface area contributed by atoms with Gasteiger partial charge in [-0.2, -0.15) is 0 Å². The van der Waals surface area contributed by atoms with Crippen LogP contribution in [0.15, 0.2) is 24.3 Å². The second-order valence-corrected chi connectivity index (χ2v) is 6.09. The Bertz CT molecular complexity index is 575. The fourth-order valence-corrected chi connectivity index (χ4v) is 2.83. The Labute approximate surface area is 179 Å². The van der Waals surface area contributed by atoms with Crippen molar-refractivity contribution in [1.82, 2.24) is 9.80 Å². The Kier molecular flexibility index (Phi) is 18.1. The van der Waals surface area contributed by atoms with Crippen molar-refractivity contribution in [3.05, 3.63) is 29.8 Å². The molecule has 0 aliphatic heterocycles. The Morgan fingerprint density at radius 3 is 1.80 bits per heavy atom. The van der Waals surface area contributed by atoms with Gasteiger partial charge in [0, 0.05) is 25.3 Å². The SMILES string of the molecule is CC.CCN(CC)CC(Cc1ccc(NC)cc1)N(CC(=O)O)CC(=O)O.O=CO. The number of hydrogen-bond donors (Lipinski definition) is 4. The molecule has 0 aliphatic rings. The van der Waals surface area contributed by atoms with E-state index >= 15 is 0 Å². The first-order chi connectivity index (χ1) is 14.3. The Balaban J connectivity index is 0. The van der Waals surface area contributed by atoms with Crippen LogP contribution in [0.5, 0.6) is 0 Å². The molecule has 1 aromatic rings. The zero-order chi connectivity index (χ0) is 23.5. The highest BCUT2D eigenvalue weighted by atomic mass is 16.4. The maximum Gasteiger partial charge on any atom is 0.317 e. The molecule has 0 radical (unpaired) electrons. The number of nitrogens with zero attached hydrogens (tertiary/aromatic N) is 2. The molecule has 1 rings (SSSR count). The van der Waals surface area contributed by atoms with Crippen molar-refractivity contribution < 1.29 is 29.7 Å². The van der Waals surface area contributed by atoms with Gasteiger partial charge in [-0.3, -0.25) is 19.3 Å². The maximum atomic E-state index is 11.2. The van der Waals surface area contributed by atoms with Crippen molar-refractivity contribution in [1.29, 1.82) is 0 Å². The zero-order valence-electron chi connectivity index (χ0n) is 18.7. The van der Waals surface area contributed by atoms with E-state index in [1.54, 1.807) is 0 Å². The highest BCUT2D eigenvalue weighted by Gasteiger charge is 2.25. The standard InChI is InChI=1S/C18H29N3O4.C2H6.CH2O2/c1-4-20(5-2)11-16(21(12-17(22)23)13-18(24)25)10-14-6-8-15(19-3)9-7-14;1-2;2-1-3/h6-9,16,19H,4-5,10-13H2,1-3H3,(H,22,23)(H,24,25);1-2H3;1H,(H,2,3). The van der Waals surface area contributed by atoms with Gasteiger partial charge in [-0.1, -0.05) is 39.8 Å². The normalized spacial score (nSPS) is 10.9. The predicted octanol–water partition coefficient (Wildman–Crippen LogP) is 2.18. The molecule has 1 aromatic carbocycles. The van der Waals surface area contributed by atoms with Crippen molar-refractivity contribution >= 4 is 24.1 Å². The summed E-state index contributed by atoms with van der Waals surface area (Å²) in [6, 6.07) is 7.71. The van der Waals surface area contributed by atoms with E-state index in [1.165, 1.54) is 4.90 Å². The van der Waals surface area contributed by atoms with Gasteiger partial charge in [-0.15, -0.1) is 0 Å². The van der Waals surface area contributed by atoms with Crippen molar-refractivity contribution in [2.75, 3.05) is 45.1 Å². The number of rotatable bonds is 12. The van der Waals surface area contributed by atoms with Gasteiger partial charge in [-0.25, -0.2) is 0 Å². The third kappa shape index (κ3) is 13.5. The molecule has 0 amide bonds. The molecule has 1 unspecified atom stereocenters. The minimum atomic E-state index is -1.02. The molecule has 30 heavy (non-hydrogen) atoms. The lowest BCUT2D eigenvalue weighted by molar-refractivity contribution is -0.143. The monoisotopic (exact) mass is 427 g/mol. The van der Waals surface area contributed by atoms with Crippen LogP contribution in [0.4, 0.5) is 5.69 Å². The third-order valence-corrected chi connectivity index (χ3v) is 4.27. The summed E-state index contributed by atoms with van der Waals surface area (Å²) in [6.45, 7) is 9.56. The molecular formula is C21H37N3O6. The van der Waals surface area contributed by atoms with Gasteiger partial charge in [-0.05, 0) is 37.2 Å². The molecule has 1 atom stereocenters. The molecule has 0 aromatic heterocycles. The van der Waals surface area contributed by atoms with Crippen LogP contribution in [0.3, 0.4) is 0 Å². The van der Waals surface area contributed by atoms with Crippen molar-refractivity contribution in [3.8, 4) is 0 Å². The fourth-order valence-electron chi connectivity index (χ4n) is 2.83. The van der Waals surface area contributed by atoms with E-state index < -0.39 is 11.9 Å². The summed E-state index contributed by atoms with van der Waals surface area (Å²) in [7, 11) is 1.85. The molecule has 0 saturated heterocycles. The van der Waals surface area contributed by atoms with Gasteiger partial charge in [0.1, 0.15) is 0 Å². The lowest BCUT2D eigenvalue weighted by Gasteiger charge is -2.33. The van der Waals surface area contributed by atoms with E-state index in [1.807, 2.05) is 59.0 Å². The minimum Gasteiger partial charge on any atom is -0.483 e. The third-order valence-electron chi connectivity index (χ3n) is 4.27. The molecule has 0 heterocycles. The first-order valence-electron chi connectivity index (χ1n) is 10.1. The largest absolute Gasteiger partial charge is 0.483 e. The van der Waals surface area contributed by atoms with Gasteiger partial charge in [0.05, 0.1) is 13.1 Å². The minimum absolute atomic E-state index is 0.187. The van der Waals surface area contributed by atoms with Gasteiger partial charge < -0.3 is 25.5 Å². The van der Waals surface area contributed by atoms with Gasteiger partial charge in [0.2, 0.25) is 0 Å². The summed E-state index contributed by atoms with van der Waals surface area (Å²) in [5, 5.41) is 28.3. The summed E-state index contributed by atoms with van der Waals surface area (Å²) < 4.78 is 0. The van der Waals surface area contributed by atoms with Crippen LogP contribution in [0, 0.1) is 0 Å². The number of hydrogen-bond acceptors (Lipinski definition) is 6. The van der Waals surface area contributed by atoms with E-state index in [9.17, 15) is 19.8 Å². The number of benzene rings is 1. The molecule has 0 saturated carbocycles. The average molecular weight is 428 g/mol. The molecule has 9 heteroatoms. The lowest BCUT2D eigenvalue weighted by atomic mass is 10.0. The number of nitrogens with one attached hydrogen (secondary N) is 1. The van der Waals surface area contributed by atoms with E-state index in [-0.39, 0.29) is 25.6 Å². The first kappa shape index (κ1) is 29.6. The van der Waals surface area contributed by atoms with Crippen molar-refractivity contribution in [2.45, 2.75) is 40.2 Å². The molecular weight excluding hydrogens is 390 g/mol. The van der Waals surface area contributed by atoms with E-state index in [4.69, 9.17) is 9.90 Å². The molecule has 0 bridgehead atoms. The smallest absolute Gasteiger partial charge is 0.317 e. The fraction of sp³-hybridized carbons (Fsp3) is 0.571. The van der Waals surface area contributed by atoms with E-state index in [0.717, 1.165) is 24.3 Å². The van der Waals surface area contributed by atoms with Crippen LogP contribution in [-0.2, 0) is 20.8 Å². The lowest BCUT2D eigenvalue weighted by Crippen LogP contribution is -2.49. The van der Waals surface area contributed by atoms with Crippen LogP contribution < -0.4 is 5.32 Å². The number of aliphatic carboxylic acids is 2. The van der Waals surface area contributed by atoms with Crippen LogP contribution in [0.25, 0.3) is 0 Å². The molecule has 0 fully saturated rings. The highest BCUT2D eigenvalue weighted by Crippen LogP contribution is 2.14. The van der Waals surface area contributed by atoms with E-state index in [0.29, 0.717) is 13.0 Å². The summed E-state index contributed by atoms with van der Waals surface area (Å²) in [5.41, 5.74) is 2.05. The molecule has 4 N–H and O–H groups in total. The number of carboxylic acids is 2. The second-order valence-electron chi connectivity index (χ2n) is 6.09. The van der Waals surface area contributed by atoms with Gasteiger partial charge >= 0.3 is 11.9 Å². The van der Waals surface area contributed by atoms with Crippen LogP contribution in [0.1, 0.15) is 33.3 Å². The summed E-state index contributed by atoms with van der Waals surface area (Å²) >= 11 is 0. The summed E-state index contributed by atoms with van der Waals surface area (Å²) in [4.78, 5) is 34.5. The molecule has 172 valence electrons. The molecule has 9 nitrogen and oxygen atoms in total. The van der Waals surface area contributed by atoms with Crippen LogP contribution in [-0.4, -0.2) is 89.3 Å². The topological polar surface area (TPSA) is 130 Å². The van der Waals surface area contributed by atoms with Gasteiger partial charge in [0.25, 0.3) is 6.47 Å². The number of likely N-dealkylation sites (N-methyl/N-ethyl adjacent to an activating group) is 1. The number of carboxylic acid groups (broad SMARTS) is 3. The van der Waals surface area contributed by atoms with Crippen molar-refractivity contribution in [2.24, 2.45) is 0 Å². The van der Waals surface area contributed by atoms with Crippen LogP contribution in [0.2, 0.25) is 0 Å².